The summed E-state index contributed by atoms with van der Waals surface area (Å²) in [6, 6.07) is 17.2. The highest BCUT2D eigenvalue weighted by Gasteiger charge is 2.24. The van der Waals surface area contributed by atoms with Crippen LogP contribution < -0.4 is 10.2 Å². The zero-order chi connectivity index (χ0) is 20.4. The van der Waals surface area contributed by atoms with Gasteiger partial charge in [0.2, 0.25) is 0 Å². The van der Waals surface area contributed by atoms with E-state index in [0.717, 1.165) is 16.5 Å². The molecular formula is C22H20ClN5O. The molecule has 0 radical (unpaired) electrons. The van der Waals surface area contributed by atoms with Crippen LogP contribution >= 0.6 is 11.6 Å². The lowest BCUT2D eigenvalue weighted by Gasteiger charge is -2.35. The maximum atomic E-state index is 12.6. The summed E-state index contributed by atoms with van der Waals surface area (Å²) in [5, 5.41) is 13.9. The molecule has 0 aliphatic carbocycles. The highest BCUT2D eigenvalue weighted by molar-refractivity contribution is 6.33. The molecule has 2 aromatic carbocycles. The number of piperazine rings is 1. The molecule has 0 atom stereocenters. The third-order valence-electron chi connectivity index (χ3n) is 5.05. The summed E-state index contributed by atoms with van der Waals surface area (Å²) in [7, 11) is 0. The predicted octanol–water partition coefficient (Wildman–Crippen LogP) is 4.42. The number of anilines is 2. The number of para-hydroxylation sites is 1. The maximum absolute atomic E-state index is 12.6. The second-order valence-electron chi connectivity index (χ2n) is 7.05. The zero-order valence-electron chi connectivity index (χ0n) is 16.0. The van der Waals surface area contributed by atoms with Crippen molar-refractivity contribution in [2.75, 3.05) is 36.4 Å². The van der Waals surface area contributed by atoms with Crippen molar-refractivity contribution in [2.45, 2.75) is 6.92 Å². The first kappa shape index (κ1) is 19.0. The van der Waals surface area contributed by atoms with Gasteiger partial charge in [0.05, 0.1) is 21.8 Å². The summed E-state index contributed by atoms with van der Waals surface area (Å²) < 4.78 is 0. The molecule has 1 aliphatic rings. The van der Waals surface area contributed by atoms with E-state index in [-0.39, 0.29) is 6.03 Å². The van der Waals surface area contributed by atoms with Crippen molar-refractivity contribution in [3.05, 3.63) is 64.7 Å². The SMILES string of the molecule is Cc1ccc2nc(N3CCN(C(=O)Nc4ccccc4Cl)CC3)c(C#N)cc2c1. The number of hydrogen-bond acceptors (Lipinski definition) is 4. The van der Waals surface area contributed by atoms with Gasteiger partial charge in [-0.15, -0.1) is 0 Å². The average Bonchev–Trinajstić information content (AvgIpc) is 2.74. The van der Waals surface area contributed by atoms with Gasteiger partial charge in [0, 0.05) is 31.6 Å². The fourth-order valence-electron chi connectivity index (χ4n) is 3.49. The summed E-state index contributed by atoms with van der Waals surface area (Å²) in [5.41, 5.74) is 3.15. The third kappa shape index (κ3) is 3.96. The van der Waals surface area contributed by atoms with Crippen molar-refractivity contribution in [2.24, 2.45) is 0 Å². The molecule has 0 saturated carbocycles. The zero-order valence-corrected chi connectivity index (χ0v) is 16.8. The van der Waals surface area contributed by atoms with Gasteiger partial charge >= 0.3 is 6.03 Å². The van der Waals surface area contributed by atoms with Crippen LogP contribution in [0.5, 0.6) is 0 Å². The number of urea groups is 1. The van der Waals surface area contributed by atoms with Crippen molar-refractivity contribution < 1.29 is 4.79 Å². The number of halogens is 1. The number of rotatable bonds is 2. The standard InChI is InChI=1S/C22H20ClN5O/c1-15-6-7-19-16(12-15)13-17(14-24)21(25-19)27-8-10-28(11-9-27)22(29)26-20-5-3-2-4-18(20)23/h2-7,12-13H,8-11H2,1H3,(H,26,29). The van der Waals surface area contributed by atoms with Gasteiger partial charge in [-0.1, -0.05) is 35.4 Å². The molecule has 0 unspecified atom stereocenters. The second kappa shape index (κ2) is 7.98. The highest BCUT2D eigenvalue weighted by Crippen LogP contribution is 2.25. The van der Waals surface area contributed by atoms with Crippen LogP contribution in [0.15, 0.2) is 48.5 Å². The molecule has 4 rings (SSSR count). The normalized spacial score (nSPS) is 14.0. The Morgan fingerprint density at radius 2 is 1.90 bits per heavy atom. The Hall–Kier alpha value is -3.30. The number of benzene rings is 2. The van der Waals surface area contributed by atoms with Crippen molar-refractivity contribution >= 4 is 40.0 Å². The summed E-state index contributed by atoms with van der Waals surface area (Å²) in [5.74, 6) is 0.676. The second-order valence-corrected chi connectivity index (χ2v) is 7.46. The number of fused-ring (bicyclic) bond motifs is 1. The Morgan fingerprint density at radius 3 is 2.62 bits per heavy atom. The van der Waals surface area contributed by atoms with Crippen molar-refractivity contribution in [1.82, 2.24) is 9.88 Å². The smallest absolute Gasteiger partial charge is 0.322 e. The molecule has 6 nitrogen and oxygen atoms in total. The largest absolute Gasteiger partial charge is 0.352 e. The molecule has 2 amide bonds. The minimum absolute atomic E-state index is 0.180. The fourth-order valence-corrected chi connectivity index (χ4v) is 3.67. The maximum Gasteiger partial charge on any atom is 0.322 e. The summed E-state index contributed by atoms with van der Waals surface area (Å²) in [6.07, 6.45) is 0. The average molecular weight is 406 g/mol. The van der Waals surface area contributed by atoms with Crippen molar-refractivity contribution in [3.63, 3.8) is 0 Å². The number of pyridine rings is 1. The quantitative estimate of drug-likeness (QED) is 0.684. The monoisotopic (exact) mass is 405 g/mol. The van der Waals surface area contributed by atoms with Crippen LogP contribution in [0.1, 0.15) is 11.1 Å². The summed E-state index contributed by atoms with van der Waals surface area (Å²) >= 11 is 6.12. The van der Waals surface area contributed by atoms with Crippen LogP contribution in [0.4, 0.5) is 16.3 Å². The lowest BCUT2D eigenvalue weighted by Crippen LogP contribution is -2.50. The van der Waals surface area contributed by atoms with Crippen LogP contribution in [-0.2, 0) is 0 Å². The van der Waals surface area contributed by atoms with Crippen LogP contribution in [0.25, 0.3) is 10.9 Å². The molecule has 2 heterocycles. The van der Waals surface area contributed by atoms with Gasteiger partial charge in [-0.25, -0.2) is 9.78 Å². The molecule has 1 aliphatic heterocycles. The van der Waals surface area contributed by atoms with Gasteiger partial charge in [0.15, 0.2) is 0 Å². The van der Waals surface area contributed by atoms with Crippen LogP contribution in [0, 0.1) is 18.3 Å². The number of amides is 2. The molecule has 3 aromatic rings. The van der Waals surface area contributed by atoms with Gasteiger partial charge in [0.1, 0.15) is 11.9 Å². The van der Waals surface area contributed by atoms with Crippen molar-refractivity contribution in [3.8, 4) is 6.07 Å². The Kier molecular flexibility index (Phi) is 5.24. The van der Waals surface area contributed by atoms with E-state index in [4.69, 9.17) is 16.6 Å². The van der Waals surface area contributed by atoms with Gasteiger partial charge in [-0.05, 0) is 37.3 Å². The number of nitrogens with one attached hydrogen (secondary N) is 1. The van der Waals surface area contributed by atoms with Gasteiger partial charge in [-0.2, -0.15) is 5.26 Å². The molecule has 7 heteroatoms. The molecule has 0 spiro atoms. The molecular weight excluding hydrogens is 386 g/mol. The number of carbonyl (C=O) groups excluding carboxylic acids is 1. The third-order valence-corrected chi connectivity index (χ3v) is 5.38. The van der Waals surface area contributed by atoms with Gasteiger partial charge in [-0.3, -0.25) is 0 Å². The van der Waals surface area contributed by atoms with Crippen LogP contribution in [-0.4, -0.2) is 42.1 Å². The van der Waals surface area contributed by atoms with E-state index in [2.05, 4.69) is 16.3 Å². The number of hydrogen-bond donors (Lipinski definition) is 1. The Morgan fingerprint density at radius 1 is 1.14 bits per heavy atom. The number of nitriles is 1. The summed E-state index contributed by atoms with van der Waals surface area (Å²) in [6.45, 7) is 4.31. The van der Waals surface area contributed by atoms with E-state index in [1.165, 1.54) is 0 Å². The van der Waals surface area contributed by atoms with E-state index in [9.17, 15) is 10.1 Å². The lowest BCUT2D eigenvalue weighted by molar-refractivity contribution is 0.208. The number of nitrogens with zero attached hydrogens (tertiary/aromatic N) is 4. The minimum Gasteiger partial charge on any atom is -0.352 e. The first-order valence-electron chi connectivity index (χ1n) is 9.42. The van der Waals surface area contributed by atoms with E-state index >= 15 is 0 Å². The number of aryl methyl sites for hydroxylation is 1. The fraction of sp³-hybridized carbons (Fsp3) is 0.227. The molecule has 1 fully saturated rings. The predicted molar refractivity (Wildman–Crippen MR) is 115 cm³/mol. The molecule has 29 heavy (non-hydrogen) atoms. The summed E-state index contributed by atoms with van der Waals surface area (Å²) in [4.78, 5) is 21.1. The molecule has 146 valence electrons. The van der Waals surface area contributed by atoms with Gasteiger partial charge < -0.3 is 15.1 Å². The van der Waals surface area contributed by atoms with E-state index in [1.807, 2.05) is 43.3 Å². The molecule has 1 saturated heterocycles. The first-order chi connectivity index (χ1) is 14.0. The molecule has 0 bridgehead atoms. The number of aromatic nitrogens is 1. The van der Waals surface area contributed by atoms with E-state index < -0.39 is 0 Å². The number of carbonyl (C=O) groups is 1. The Bertz CT molecular complexity index is 1120. The Labute approximate surface area is 174 Å². The Balaban J connectivity index is 1.48. The first-order valence-corrected chi connectivity index (χ1v) is 9.80. The van der Waals surface area contributed by atoms with E-state index in [0.29, 0.717) is 48.3 Å². The molecule has 1 aromatic heterocycles. The lowest BCUT2D eigenvalue weighted by atomic mass is 10.1. The topological polar surface area (TPSA) is 72.3 Å². The van der Waals surface area contributed by atoms with Crippen LogP contribution in [0.3, 0.4) is 0 Å². The van der Waals surface area contributed by atoms with E-state index in [1.54, 1.807) is 17.0 Å². The minimum atomic E-state index is -0.180. The van der Waals surface area contributed by atoms with Gasteiger partial charge in [0.25, 0.3) is 0 Å². The molecule has 1 N–H and O–H groups in total. The van der Waals surface area contributed by atoms with Crippen molar-refractivity contribution in [1.29, 1.82) is 5.26 Å². The highest BCUT2D eigenvalue weighted by atomic mass is 35.5. The van der Waals surface area contributed by atoms with Crippen LogP contribution in [0.2, 0.25) is 5.02 Å².